The Hall–Kier alpha value is -1.40. The number of rotatable bonds is 5. The van der Waals surface area contributed by atoms with Crippen LogP contribution in [0.4, 0.5) is 8.78 Å². The molecule has 1 N–H and O–H groups in total. The molecule has 19 heavy (non-hydrogen) atoms. The predicted molar refractivity (Wildman–Crippen MR) is 70.9 cm³/mol. The van der Waals surface area contributed by atoms with E-state index in [1.165, 1.54) is 17.4 Å². The molecule has 0 unspecified atom stereocenters. The van der Waals surface area contributed by atoms with Crippen molar-refractivity contribution >= 4 is 11.3 Å². The van der Waals surface area contributed by atoms with Crippen molar-refractivity contribution in [3.63, 3.8) is 0 Å². The number of hydrogen-bond acceptors (Lipinski definition) is 4. The van der Waals surface area contributed by atoms with Crippen LogP contribution in [0.5, 0.6) is 0 Å². The first-order chi connectivity index (χ1) is 9.10. The second kappa shape index (κ2) is 6.16. The number of aromatic nitrogens is 2. The monoisotopic (exact) mass is 283 g/mol. The fourth-order valence-electron chi connectivity index (χ4n) is 1.88. The van der Waals surface area contributed by atoms with E-state index < -0.39 is 11.6 Å². The van der Waals surface area contributed by atoms with Crippen LogP contribution >= 0.6 is 11.3 Å². The summed E-state index contributed by atoms with van der Waals surface area (Å²) >= 11 is 1.49. The third-order valence-corrected chi connectivity index (χ3v) is 3.65. The average Bonchev–Trinajstić information content (AvgIpc) is 2.80. The number of nitrogens with zero attached hydrogens (tertiary/aromatic N) is 2. The molecule has 0 aliphatic heterocycles. The van der Waals surface area contributed by atoms with Gasteiger partial charge in [-0.25, -0.2) is 8.78 Å². The van der Waals surface area contributed by atoms with E-state index in [9.17, 15) is 8.78 Å². The van der Waals surface area contributed by atoms with Gasteiger partial charge in [-0.1, -0.05) is 6.92 Å². The molecule has 1 heterocycles. The number of benzene rings is 1. The molecule has 0 radical (unpaired) electrons. The van der Waals surface area contributed by atoms with E-state index in [0.29, 0.717) is 18.5 Å². The van der Waals surface area contributed by atoms with Crippen LogP contribution in [0.15, 0.2) is 18.2 Å². The molecular formula is C13H15F2N3S. The van der Waals surface area contributed by atoms with E-state index >= 15 is 0 Å². The van der Waals surface area contributed by atoms with Gasteiger partial charge in [0.25, 0.3) is 0 Å². The molecule has 0 aliphatic rings. The number of hydrogen-bond donors (Lipinski definition) is 1. The smallest absolute Gasteiger partial charge is 0.131 e. The molecule has 0 amide bonds. The van der Waals surface area contributed by atoms with Crippen molar-refractivity contribution in [2.45, 2.75) is 32.9 Å². The summed E-state index contributed by atoms with van der Waals surface area (Å²) in [5.41, 5.74) is 0.351. The number of aryl methyl sites for hydroxylation is 1. The molecule has 3 nitrogen and oxygen atoms in total. The summed E-state index contributed by atoms with van der Waals surface area (Å²) < 4.78 is 26.9. The van der Waals surface area contributed by atoms with E-state index in [-0.39, 0.29) is 6.04 Å². The van der Waals surface area contributed by atoms with E-state index in [1.54, 1.807) is 0 Å². The highest BCUT2D eigenvalue weighted by atomic mass is 32.1. The lowest BCUT2D eigenvalue weighted by Crippen LogP contribution is -2.21. The molecular weight excluding hydrogens is 268 g/mol. The molecule has 0 saturated carbocycles. The minimum atomic E-state index is -0.427. The maximum absolute atomic E-state index is 13.7. The summed E-state index contributed by atoms with van der Waals surface area (Å²) in [4.78, 5) is 0. The van der Waals surface area contributed by atoms with Crippen LogP contribution < -0.4 is 5.32 Å². The van der Waals surface area contributed by atoms with Crippen LogP contribution in [0.25, 0.3) is 0 Å². The zero-order valence-corrected chi connectivity index (χ0v) is 11.6. The van der Waals surface area contributed by atoms with Crippen LogP contribution in [0.2, 0.25) is 0 Å². The van der Waals surface area contributed by atoms with E-state index in [4.69, 9.17) is 0 Å². The van der Waals surface area contributed by atoms with Gasteiger partial charge in [-0.05, 0) is 31.5 Å². The molecule has 2 aromatic rings. The van der Waals surface area contributed by atoms with Gasteiger partial charge >= 0.3 is 0 Å². The molecule has 0 fully saturated rings. The molecule has 0 saturated heterocycles. The van der Waals surface area contributed by atoms with Crippen molar-refractivity contribution in [1.29, 1.82) is 0 Å². The summed E-state index contributed by atoms with van der Waals surface area (Å²) in [6.45, 7) is 4.30. The van der Waals surface area contributed by atoms with Gasteiger partial charge in [0, 0.05) is 11.6 Å². The Kier molecular flexibility index (Phi) is 4.55. The summed E-state index contributed by atoms with van der Waals surface area (Å²) in [6.07, 6.45) is 0.665. The van der Waals surface area contributed by atoms with Crippen molar-refractivity contribution < 1.29 is 8.78 Å². The van der Waals surface area contributed by atoms with Gasteiger partial charge in [0.15, 0.2) is 0 Å². The first kappa shape index (κ1) is 14.0. The fourth-order valence-corrected chi connectivity index (χ4v) is 2.54. The lowest BCUT2D eigenvalue weighted by atomic mass is 10.0. The molecule has 0 bridgehead atoms. The van der Waals surface area contributed by atoms with Gasteiger partial charge in [-0.2, -0.15) is 0 Å². The summed E-state index contributed by atoms with van der Waals surface area (Å²) in [5.74, 6) is -0.822. The maximum Gasteiger partial charge on any atom is 0.131 e. The van der Waals surface area contributed by atoms with Crippen LogP contribution in [-0.4, -0.2) is 10.2 Å². The second-order valence-electron chi connectivity index (χ2n) is 4.22. The zero-order chi connectivity index (χ0) is 13.8. The standard InChI is InChI=1S/C13H15F2N3S/c1-3-12(10-6-9(14)4-5-11(10)15)16-7-13-18-17-8(2)19-13/h4-6,12,16H,3,7H2,1-2H3/t12-/m0/s1. The number of nitrogens with one attached hydrogen (secondary N) is 1. The molecule has 1 aromatic carbocycles. The van der Waals surface area contributed by atoms with Gasteiger partial charge in [0.2, 0.25) is 0 Å². The normalized spacial score (nSPS) is 12.6. The van der Waals surface area contributed by atoms with Crippen molar-refractivity contribution in [3.8, 4) is 0 Å². The summed E-state index contributed by atoms with van der Waals surface area (Å²) in [6, 6.07) is 3.28. The minimum absolute atomic E-state index is 0.236. The largest absolute Gasteiger partial charge is 0.303 e. The third-order valence-electron chi connectivity index (χ3n) is 2.81. The van der Waals surface area contributed by atoms with E-state index in [2.05, 4.69) is 15.5 Å². The van der Waals surface area contributed by atoms with Gasteiger partial charge in [0.1, 0.15) is 21.6 Å². The molecule has 1 aromatic heterocycles. The molecule has 0 aliphatic carbocycles. The molecule has 2 rings (SSSR count). The van der Waals surface area contributed by atoms with Crippen LogP contribution in [0, 0.1) is 18.6 Å². The van der Waals surface area contributed by atoms with Crippen LogP contribution in [0.1, 0.15) is 35.0 Å². The molecule has 0 spiro atoms. The fraction of sp³-hybridized carbons (Fsp3) is 0.385. The van der Waals surface area contributed by atoms with Gasteiger partial charge in [0.05, 0.1) is 6.54 Å². The zero-order valence-electron chi connectivity index (χ0n) is 10.8. The van der Waals surface area contributed by atoms with Gasteiger partial charge < -0.3 is 5.32 Å². The SMILES string of the molecule is CC[C@H](NCc1nnc(C)s1)c1cc(F)ccc1F. The Bertz CT molecular complexity index is 557. The van der Waals surface area contributed by atoms with Crippen molar-refractivity contribution in [3.05, 3.63) is 45.4 Å². The summed E-state index contributed by atoms with van der Waals surface area (Å²) in [5, 5.41) is 12.8. The third kappa shape index (κ3) is 3.54. The minimum Gasteiger partial charge on any atom is -0.303 e. The highest BCUT2D eigenvalue weighted by Crippen LogP contribution is 2.22. The van der Waals surface area contributed by atoms with E-state index in [1.807, 2.05) is 13.8 Å². The maximum atomic E-state index is 13.7. The van der Waals surface area contributed by atoms with Crippen LogP contribution in [-0.2, 0) is 6.54 Å². The lowest BCUT2D eigenvalue weighted by molar-refractivity contribution is 0.480. The van der Waals surface area contributed by atoms with Crippen LogP contribution in [0.3, 0.4) is 0 Å². The van der Waals surface area contributed by atoms with Crippen molar-refractivity contribution in [2.24, 2.45) is 0 Å². The van der Waals surface area contributed by atoms with Gasteiger partial charge in [-0.3, -0.25) is 0 Å². The first-order valence-electron chi connectivity index (χ1n) is 6.07. The first-order valence-corrected chi connectivity index (χ1v) is 6.89. The molecule has 6 heteroatoms. The quantitative estimate of drug-likeness (QED) is 0.914. The predicted octanol–water partition coefficient (Wildman–Crippen LogP) is 3.37. The van der Waals surface area contributed by atoms with Crippen molar-refractivity contribution in [2.75, 3.05) is 0 Å². The van der Waals surface area contributed by atoms with Crippen molar-refractivity contribution in [1.82, 2.24) is 15.5 Å². The Balaban J connectivity index is 2.09. The Morgan fingerprint density at radius 2 is 2.11 bits per heavy atom. The molecule has 1 atom stereocenters. The summed E-state index contributed by atoms with van der Waals surface area (Å²) in [7, 11) is 0. The molecule has 102 valence electrons. The topological polar surface area (TPSA) is 37.8 Å². The lowest BCUT2D eigenvalue weighted by Gasteiger charge is -2.17. The Labute approximate surface area is 114 Å². The van der Waals surface area contributed by atoms with Gasteiger partial charge in [-0.15, -0.1) is 21.5 Å². The average molecular weight is 283 g/mol. The highest BCUT2D eigenvalue weighted by Gasteiger charge is 2.15. The van der Waals surface area contributed by atoms with E-state index in [0.717, 1.165) is 22.1 Å². The Morgan fingerprint density at radius 3 is 2.74 bits per heavy atom. The second-order valence-corrected chi connectivity index (χ2v) is 5.49. The number of halogens is 2. The highest BCUT2D eigenvalue weighted by molar-refractivity contribution is 7.11. The Morgan fingerprint density at radius 1 is 1.32 bits per heavy atom.